The predicted molar refractivity (Wildman–Crippen MR) is 98.3 cm³/mol. The summed E-state index contributed by atoms with van der Waals surface area (Å²) in [5.74, 6) is 0. The quantitative estimate of drug-likeness (QED) is 0.523. The SMILES string of the molecule is C[C@@H](Nc1ccc([N+](=O)[O-])c2cnccc12)c1cccc(S(N)(=O)=O)c1. The highest BCUT2D eigenvalue weighted by atomic mass is 32.2. The number of primary sulfonamides is 1. The fourth-order valence-corrected chi connectivity index (χ4v) is 3.31. The number of nitro groups is 1. The monoisotopic (exact) mass is 372 g/mol. The highest BCUT2D eigenvalue weighted by Crippen LogP contribution is 2.32. The van der Waals surface area contributed by atoms with Crippen LogP contribution in [-0.2, 0) is 10.0 Å². The van der Waals surface area contributed by atoms with E-state index in [1.165, 1.54) is 24.4 Å². The van der Waals surface area contributed by atoms with Gasteiger partial charge in [0.25, 0.3) is 5.69 Å². The molecule has 0 spiro atoms. The number of nitrogens with zero attached hydrogens (tertiary/aromatic N) is 2. The van der Waals surface area contributed by atoms with Crippen molar-refractivity contribution in [3.8, 4) is 0 Å². The first-order valence-electron chi connectivity index (χ1n) is 7.68. The number of pyridine rings is 1. The lowest BCUT2D eigenvalue weighted by atomic mass is 10.1. The molecule has 0 unspecified atom stereocenters. The van der Waals surface area contributed by atoms with Gasteiger partial charge in [-0.2, -0.15) is 0 Å². The number of hydrogen-bond acceptors (Lipinski definition) is 6. The van der Waals surface area contributed by atoms with Crippen molar-refractivity contribution in [2.75, 3.05) is 5.32 Å². The summed E-state index contributed by atoms with van der Waals surface area (Å²) in [7, 11) is -3.79. The number of nitrogens with one attached hydrogen (secondary N) is 1. The van der Waals surface area contributed by atoms with Crippen LogP contribution >= 0.6 is 0 Å². The molecule has 134 valence electrons. The Morgan fingerprint density at radius 3 is 2.65 bits per heavy atom. The van der Waals surface area contributed by atoms with Gasteiger partial charge in [0.15, 0.2) is 0 Å². The van der Waals surface area contributed by atoms with Crippen molar-refractivity contribution in [1.82, 2.24) is 4.98 Å². The van der Waals surface area contributed by atoms with Crippen LogP contribution in [0.25, 0.3) is 10.8 Å². The van der Waals surface area contributed by atoms with Crippen molar-refractivity contribution < 1.29 is 13.3 Å². The zero-order valence-corrected chi connectivity index (χ0v) is 14.6. The lowest BCUT2D eigenvalue weighted by molar-refractivity contribution is -0.383. The molecular weight excluding hydrogens is 356 g/mol. The third kappa shape index (κ3) is 3.48. The first-order chi connectivity index (χ1) is 12.3. The number of fused-ring (bicyclic) bond motifs is 1. The molecule has 0 radical (unpaired) electrons. The minimum atomic E-state index is -3.79. The molecule has 0 fully saturated rings. The van der Waals surface area contributed by atoms with Crippen LogP contribution in [0.1, 0.15) is 18.5 Å². The summed E-state index contributed by atoms with van der Waals surface area (Å²) in [6.07, 6.45) is 3.01. The fraction of sp³-hybridized carbons (Fsp3) is 0.118. The molecule has 8 nitrogen and oxygen atoms in total. The smallest absolute Gasteiger partial charge is 0.278 e. The Bertz CT molecular complexity index is 1100. The van der Waals surface area contributed by atoms with Gasteiger partial charge in [0, 0.05) is 35.6 Å². The lowest BCUT2D eigenvalue weighted by Crippen LogP contribution is -2.13. The first-order valence-corrected chi connectivity index (χ1v) is 9.22. The van der Waals surface area contributed by atoms with Gasteiger partial charge < -0.3 is 5.32 Å². The maximum atomic E-state index is 11.5. The average Bonchev–Trinajstić information content (AvgIpc) is 2.61. The molecule has 0 aliphatic carbocycles. The molecule has 0 aliphatic heterocycles. The molecule has 1 atom stereocenters. The molecule has 26 heavy (non-hydrogen) atoms. The van der Waals surface area contributed by atoms with E-state index in [0.717, 1.165) is 5.56 Å². The second-order valence-corrected chi connectivity index (χ2v) is 7.36. The summed E-state index contributed by atoms with van der Waals surface area (Å²) in [6, 6.07) is 10.8. The maximum Gasteiger partial charge on any atom is 0.278 e. The van der Waals surface area contributed by atoms with Gasteiger partial charge in [-0.15, -0.1) is 0 Å². The molecule has 9 heteroatoms. The molecule has 0 saturated carbocycles. The van der Waals surface area contributed by atoms with Crippen LogP contribution in [0.4, 0.5) is 11.4 Å². The van der Waals surface area contributed by atoms with E-state index in [4.69, 9.17) is 5.14 Å². The third-order valence-corrected chi connectivity index (χ3v) is 4.96. The first kappa shape index (κ1) is 17.8. The summed E-state index contributed by atoms with van der Waals surface area (Å²) in [5.41, 5.74) is 1.38. The minimum absolute atomic E-state index is 0.0254. The Balaban J connectivity index is 2.00. The number of nitrogens with two attached hydrogens (primary N) is 1. The van der Waals surface area contributed by atoms with E-state index in [1.807, 2.05) is 6.92 Å². The number of aromatic nitrogens is 1. The Hall–Kier alpha value is -3.04. The molecule has 3 rings (SSSR count). The number of anilines is 1. The van der Waals surface area contributed by atoms with E-state index in [1.54, 1.807) is 30.5 Å². The third-order valence-electron chi connectivity index (χ3n) is 4.05. The normalized spacial score (nSPS) is 12.7. The van der Waals surface area contributed by atoms with Crippen LogP contribution in [0.2, 0.25) is 0 Å². The van der Waals surface area contributed by atoms with E-state index in [9.17, 15) is 18.5 Å². The number of sulfonamides is 1. The van der Waals surface area contributed by atoms with Crippen molar-refractivity contribution >= 4 is 32.2 Å². The molecule has 1 aromatic heterocycles. The zero-order chi connectivity index (χ0) is 18.9. The molecule has 0 amide bonds. The van der Waals surface area contributed by atoms with Crippen LogP contribution in [-0.4, -0.2) is 18.3 Å². The highest BCUT2D eigenvalue weighted by molar-refractivity contribution is 7.89. The summed E-state index contributed by atoms with van der Waals surface area (Å²) >= 11 is 0. The average molecular weight is 372 g/mol. The Morgan fingerprint density at radius 1 is 1.19 bits per heavy atom. The maximum absolute atomic E-state index is 11.5. The fourth-order valence-electron chi connectivity index (χ4n) is 2.74. The number of nitro benzene ring substituents is 1. The van der Waals surface area contributed by atoms with Gasteiger partial charge >= 0.3 is 0 Å². The standard InChI is InChI=1S/C17H16N4O4S/c1-11(12-3-2-4-13(9-12)26(18,24)25)20-16-5-6-17(21(22)23)15-10-19-8-7-14(15)16/h2-11,20H,1H3,(H2,18,24,25)/t11-/m1/s1. The van der Waals surface area contributed by atoms with Crippen LogP contribution in [0.15, 0.2) is 59.8 Å². The van der Waals surface area contributed by atoms with Crippen LogP contribution in [0.3, 0.4) is 0 Å². The highest BCUT2D eigenvalue weighted by Gasteiger charge is 2.16. The summed E-state index contributed by atoms with van der Waals surface area (Å²) in [5, 5.41) is 20.7. The van der Waals surface area contributed by atoms with Crippen molar-refractivity contribution in [3.63, 3.8) is 0 Å². The van der Waals surface area contributed by atoms with Crippen molar-refractivity contribution in [1.29, 1.82) is 0 Å². The van der Waals surface area contributed by atoms with Gasteiger partial charge in [-0.25, -0.2) is 13.6 Å². The van der Waals surface area contributed by atoms with Crippen LogP contribution < -0.4 is 10.5 Å². The van der Waals surface area contributed by atoms with Crippen molar-refractivity contribution in [3.05, 3.63) is 70.5 Å². The van der Waals surface area contributed by atoms with Crippen LogP contribution in [0, 0.1) is 10.1 Å². The van der Waals surface area contributed by atoms with E-state index >= 15 is 0 Å². The van der Waals surface area contributed by atoms with E-state index < -0.39 is 14.9 Å². The second-order valence-electron chi connectivity index (χ2n) is 5.79. The van der Waals surface area contributed by atoms with Gasteiger partial charge in [-0.1, -0.05) is 12.1 Å². The molecule has 0 saturated heterocycles. The molecule has 2 aromatic carbocycles. The van der Waals surface area contributed by atoms with Gasteiger partial charge in [0.05, 0.1) is 15.2 Å². The zero-order valence-electron chi connectivity index (χ0n) is 13.8. The van der Waals surface area contributed by atoms with E-state index in [0.29, 0.717) is 16.5 Å². The van der Waals surface area contributed by atoms with Crippen molar-refractivity contribution in [2.24, 2.45) is 5.14 Å². The predicted octanol–water partition coefficient (Wildman–Crippen LogP) is 2.96. The van der Waals surface area contributed by atoms with Gasteiger partial charge in [-0.05, 0) is 36.8 Å². The largest absolute Gasteiger partial charge is 0.378 e. The van der Waals surface area contributed by atoms with E-state index in [2.05, 4.69) is 10.3 Å². The molecule has 3 aromatic rings. The Kier molecular flexibility index (Phi) is 4.58. The molecule has 3 N–H and O–H groups in total. The topological polar surface area (TPSA) is 128 Å². The van der Waals surface area contributed by atoms with Gasteiger partial charge in [-0.3, -0.25) is 15.1 Å². The van der Waals surface area contributed by atoms with Crippen LogP contribution in [0.5, 0.6) is 0 Å². The minimum Gasteiger partial charge on any atom is -0.378 e. The number of benzene rings is 2. The Morgan fingerprint density at radius 2 is 1.96 bits per heavy atom. The Labute approximate surface area is 149 Å². The second kappa shape index (κ2) is 6.70. The van der Waals surface area contributed by atoms with Gasteiger partial charge in [0.2, 0.25) is 10.0 Å². The number of non-ortho nitro benzene ring substituents is 1. The molecule has 1 heterocycles. The molecular formula is C17H16N4O4S. The summed E-state index contributed by atoms with van der Waals surface area (Å²) in [4.78, 5) is 14.7. The molecule has 0 bridgehead atoms. The summed E-state index contributed by atoms with van der Waals surface area (Å²) < 4.78 is 23.1. The number of hydrogen-bond donors (Lipinski definition) is 2. The lowest BCUT2D eigenvalue weighted by Gasteiger charge is -2.18. The van der Waals surface area contributed by atoms with Gasteiger partial charge in [0.1, 0.15) is 0 Å². The molecule has 0 aliphatic rings. The summed E-state index contributed by atoms with van der Waals surface area (Å²) in [6.45, 7) is 1.86. The van der Waals surface area contributed by atoms with Crippen molar-refractivity contribution in [2.45, 2.75) is 17.9 Å². The van der Waals surface area contributed by atoms with E-state index in [-0.39, 0.29) is 16.6 Å². The number of rotatable bonds is 5.